The van der Waals surface area contributed by atoms with Crippen molar-refractivity contribution in [2.45, 2.75) is 12.3 Å². The monoisotopic (exact) mass is 271 g/mol. The predicted molar refractivity (Wildman–Crippen MR) is 49.3 cm³/mol. The number of hydrogen-bond donors (Lipinski definition) is 1. The van der Waals surface area contributed by atoms with Gasteiger partial charge >= 0.3 is 0 Å². The first kappa shape index (κ1) is 10.7. The third kappa shape index (κ3) is 2.08. The van der Waals surface area contributed by atoms with Crippen molar-refractivity contribution >= 4 is 27.5 Å². The quantitative estimate of drug-likeness (QED) is 0.652. The Morgan fingerprint density at radius 1 is 1.62 bits per heavy atom. The minimum Gasteiger partial charge on any atom is -0.355 e. The molecule has 1 aromatic heterocycles. The van der Waals surface area contributed by atoms with Gasteiger partial charge in [0.05, 0.1) is 16.0 Å². The summed E-state index contributed by atoms with van der Waals surface area (Å²) in [5, 5.41) is 0. The second-order valence-electron chi connectivity index (χ2n) is 2.31. The number of rotatable bonds is 2. The Hall–Kier alpha value is -0.420. The molecule has 1 rings (SSSR count). The van der Waals surface area contributed by atoms with Gasteiger partial charge in [0.1, 0.15) is 0 Å². The van der Waals surface area contributed by atoms with Crippen LogP contribution in [0.5, 0.6) is 0 Å². The van der Waals surface area contributed by atoms with E-state index in [1.165, 1.54) is 6.20 Å². The third-order valence-corrected chi connectivity index (χ3v) is 2.45. The molecule has 6 heteroatoms. The molecule has 2 nitrogen and oxygen atoms in total. The molecular weight excluding hydrogens is 267 g/mol. The minimum atomic E-state index is -2.80. The number of halogens is 4. The van der Waals surface area contributed by atoms with Crippen LogP contribution in [0, 0.1) is 0 Å². The van der Waals surface area contributed by atoms with Gasteiger partial charge in [-0.25, -0.2) is 8.78 Å². The lowest BCUT2D eigenvalue weighted by Gasteiger charge is -2.03. The summed E-state index contributed by atoms with van der Waals surface area (Å²) >= 11 is 8.21. The van der Waals surface area contributed by atoms with Gasteiger partial charge in [-0.05, 0) is 15.9 Å². The molecule has 0 radical (unpaired) electrons. The van der Waals surface area contributed by atoms with Gasteiger partial charge in [0, 0.05) is 11.8 Å². The van der Waals surface area contributed by atoms with Gasteiger partial charge in [0.2, 0.25) is 0 Å². The summed E-state index contributed by atoms with van der Waals surface area (Å²) < 4.78 is 24.6. The minimum absolute atomic E-state index is 0.00127. The fourth-order valence-electron chi connectivity index (χ4n) is 0.861. The molecule has 0 aliphatic rings. The fraction of sp³-hybridized carbons (Fsp3) is 0.286. The van der Waals surface area contributed by atoms with Gasteiger partial charge in [-0.3, -0.25) is 4.79 Å². The van der Waals surface area contributed by atoms with Gasteiger partial charge in [-0.2, -0.15) is 0 Å². The molecule has 0 aliphatic carbocycles. The first-order valence-corrected chi connectivity index (χ1v) is 4.64. The summed E-state index contributed by atoms with van der Waals surface area (Å²) in [6.45, 7) is 0. The zero-order valence-electron chi connectivity index (χ0n) is 6.28. The lowest BCUT2D eigenvalue weighted by atomic mass is 10.2. The van der Waals surface area contributed by atoms with E-state index in [9.17, 15) is 13.6 Å². The molecular formula is C7H5BrClF2NO. The van der Waals surface area contributed by atoms with Crippen molar-refractivity contribution in [1.29, 1.82) is 0 Å². The molecule has 1 N–H and O–H groups in total. The summed E-state index contributed by atoms with van der Waals surface area (Å²) in [5.41, 5.74) is -1.14. The number of alkyl halides is 3. The molecule has 13 heavy (non-hydrogen) atoms. The molecule has 0 spiro atoms. The highest BCUT2D eigenvalue weighted by atomic mass is 79.9. The molecule has 0 saturated heterocycles. The Morgan fingerprint density at radius 3 is 2.69 bits per heavy atom. The van der Waals surface area contributed by atoms with Crippen LogP contribution in [0.4, 0.5) is 8.78 Å². The third-order valence-electron chi connectivity index (χ3n) is 1.51. The van der Waals surface area contributed by atoms with Gasteiger partial charge in [0.15, 0.2) is 5.43 Å². The van der Waals surface area contributed by atoms with E-state index in [0.29, 0.717) is 0 Å². The van der Waals surface area contributed by atoms with Crippen LogP contribution in [0.1, 0.15) is 17.6 Å². The maximum atomic E-state index is 12.3. The molecule has 0 aliphatic heterocycles. The van der Waals surface area contributed by atoms with Crippen molar-refractivity contribution in [2.24, 2.45) is 0 Å². The SMILES string of the molecule is O=c1c(CCl)c[nH]c(Br)c1C(F)F. The first-order chi connectivity index (χ1) is 6.07. The lowest BCUT2D eigenvalue weighted by molar-refractivity contribution is 0.148. The summed E-state index contributed by atoms with van der Waals surface area (Å²) in [6, 6.07) is 0. The maximum absolute atomic E-state index is 12.3. The van der Waals surface area contributed by atoms with Crippen molar-refractivity contribution in [3.63, 3.8) is 0 Å². The Morgan fingerprint density at radius 2 is 2.23 bits per heavy atom. The highest BCUT2D eigenvalue weighted by Crippen LogP contribution is 2.22. The molecule has 0 fully saturated rings. The molecule has 0 amide bonds. The van der Waals surface area contributed by atoms with Crippen molar-refractivity contribution in [1.82, 2.24) is 4.98 Å². The van der Waals surface area contributed by atoms with E-state index in [1.807, 2.05) is 0 Å². The van der Waals surface area contributed by atoms with Crippen LogP contribution in [0.2, 0.25) is 0 Å². The number of nitrogens with one attached hydrogen (secondary N) is 1. The number of aromatic amines is 1. The second-order valence-corrected chi connectivity index (χ2v) is 3.37. The molecule has 1 aromatic rings. The Kier molecular flexibility index (Phi) is 3.44. The van der Waals surface area contributed by atoms with Crippen molar-refractivity contribution in [3.8, 4) is 0 Å². The second kappa shape index (κ2) is 4.19. The van der Waals surface area contributed by atoms with Crippen LogP contribution in [-0.2, 0) is 5.88 Å². The highest BCUT2D eigenvalue weighted by molar-refractivity contribution is 9.10. The molecule has 0 saturated carbocycles. The Balaban J connectivity index is 3.39. The molecule has 0 atom stereocenters. The molecule has 0 unspecified atom stereocenters. The van der Waals surface area contributed by atoms with Crippen molar-refractivity contribution in [2.75, 3.05) is 0 Å². The van der Waals surface area contributed by atoms with E-state index in [-0.39, 0.29) is 16.0 Å². The van der Waals surface area contributed by atoms with Crippen molar-refractivity contribution in [3.05, 3.63) is 32.2 Å². The van der Waals surface area contributed by atoms with Crippen LogP contribution in [0.15, 0.2) is 15.6 Å². The number of aromatic nitrogens is 1. The maximum Gasteiger partial charge on any atom is 0.270 e. The highest BCUT2D eigenvalue weighted by Gasteiger charge is 2.18. The Labute approximate surface area is 86.0 Å². The van der Waals surface area contributed by atoms with E-state index in [4.69, 9.17) is 11.6 Å². The number of hydrogen-bond acceptors (Lipinski definition) is 1. The van der Waals surface area contributed by atoms with E-state index < -0.39 is 17.4 Å². The van der Waals surface area contributed by atoms with Crippen LogP contribution >= 0.6 is 27.5 Å². The average Bonchev–Trinajstić information content (AvgIpc) is 2.04. The van der Waals surface area contributed by atoms with Crippen LogP contribution in [0.3, 0.4) is 0 Å². The normalized spacial score (nSPS) is 10.8. The smallest absolute Gasteiger partial charge is 0.270 e. The summed E-state index contributed by atoms with van der Waals surface area (Å²) in [7, 11) is 0. The van der Waals surface area contributed by atoms with Crippen LogP contribution in [-0.4, -0.2) is 4.98 Å². The fourth-order valence-corrected chi connectivity index (χ4v) is 1.53. The summed E-state index contributed by atoms with van der Waals surface area (Å²) in [5.74, 6) is -0.0810. The number of pyridine rings is 1. The van der Waals surface area contributed by atoms with Gasteiger partial charge in [0.25, 0.3) is 6.43 Å². The lowest BCUT2D eigenvalue weighted by Crippen LogP contribution is -2.15. The van der Waals surface area contributed by atoms with Gasteiger partial charge in [-0.1, -0.05) is 0 Å². The topological polar surface area (TPSA) is 32.9 Å². The predicted octanol–water partition coefficient (Wildman–Crippen LogP) is 2.81. The number of H-pyrrole nitrogens is 1. The molecule has 0 bridgehead atoms. The van der Waals surface area contributed by atoms with E-state index in [0.717, 1.165) is 0 Å². The molecule has 72 valence electrons. The van der Waals surface area contributed by atoms with E-state index in [1.54, 1.807) is 0 Å². The summed E-state index contributed by atoms with van der Waals surface area (Å²) in [4.78, 5) is 13.7. The zero-order valence-corrected chi connectivity index (χ0v) is 8.62. The average molecular weight is 272 g/mol. The summed E-state index contributed by atoms with van der Waals surface area (Å²) in [6.07, 6.45) is -1.49. The first-order valence-electron chi connectivity index (χ1n) is 3.32. The molecule has 1 heterocycles. The standard InChI is InChI=1S/C7H5BrClF2NO/c8-6-4(7(10)11)5(13)3(1-9)2-12-6/h2,7H,1H2,(H,12,13). The molecule has 0 aromatic carbocycles. The van der Waals surface area contributed by atoms with Gasteiger partial charge in [-0.15, -0.1) is 11.6 Å². The largest absolute Gasteiger partial charge is 0.355 e. The zero-order chi connectivity index (χ0) is 10.0. The van der Waals surface area contributed by atoms with Crippen molar-refractivity contribution < 1.29 is 8.78 Å². The van der Waals surface area contributed by atoms with Gasteiger partial charge < -0.3 is 4.98 Å². The van der Waals surface area contributed by atoms with E-state index >= 15 is 0 Å². The Bertz CT molecular complexity index is 366. The van der Waals surface area contributed by atoms with E-state index in [2.05, 4.69) is 20.9 Å². The van der Waals surface area contributed by atoms with Crippen LogP contribution < -0.4 is 5.43 Å². The van der Waals surface area contributed by atoms with Crippen LogP contribution in [0.25, 0.3) is 0 Å².